The van der Waals surface area contributed by atoms with Gasteiger partial charge in [0.2, 0.25) is 0 Å². The van der Waals surface area contributed by atoms with Crippen LogP contribution in [-0.4, -0.2) is 69.0 Å². The number of allylic oxidation sites excluding steroid dienone is 10. The number of hydrogen-bond donors (Lipinski definition) is 1. The molecule has 0 rings (SSSR count). The summed E-state index contributed by atoms with van der Waals surface area (Å²) in [4.78, 5) is 35.4. The standard InChI is InChI=1S/C44H78NO8P/c1-5-6-7-8-9-10-11-17-22-25-28-31-34-37-44(48)51-40-42(41-53-54(49,50)52-39-38-45(2,3)4)35-32-29-26-23-20-18-15-13-12-14-16-19-21-24-27-30-33-36-43(46)47/h12-13,16,18-20,24,26-27,29,42H,5-11,14-15,17,21-23,25,28,30-41H2,1-4H3,(H-,46,47,49,50)/b13-12-,19-16-,20-18-,27-24-,29-26-. The van der Waals surface area contributed by atoms with Gasteiger partial charge in [0.05, 0.1) is 34.4 Å². The van der Waals surface area contributed by atoms with Crippen LogP contribution < -0.4 is 4.89 Å². The monoisotopic (exact) mass is 780 g/mol. The van der Waals surface area contributed by atoms with Crippen molar-refractivity contribution < 1.29 is 42.4 Å². The van der Waals surface area contributed by atoms with Crippen molar-refractivity contribution in [2.45, 2.75) is 155 Å². The number of carboxylic acid groups (broad SMARTS) is 1. The highest BCUT2D eigenvalue weighted by molar-refractivity contribution is 7.45. The molecule has 0 spiro atoms. The van der Waals surface area contributed by atoms with E-state index in [0.29, 0.717) is 36.7 Å². The van der Waals surface area contributed by atoms with Crippen molar-refractivity contribution in [1.82, 2.24) is 0 Å². The van der Waals surface area contributed by atoms with Gasteiger partial charge in [0.1, 0.15) is 13.2 Å². The summed E-state index contributed by atoms with van der Waals surface area (Å²) < 4.78 is 28.8. The van der Waals surface area contributed by atoms with Gasteiger partial charge < -0.3 is 28.3 Å². The third-order valence-electron chi connectivity index (χ3n) is 8.87. The molecule has 0 aliphatic carbocycles. The molecule has 0 aromatic rings. The predicted molar refractivity (Wildman–Crippen MR) is 222 cm³/mol. The summed E-state index contributed by atoms with van der Waals surface area (Å²) in [7, 11) is 1.42. The molecule has 9 nitrogen and oxygen atoms in total. The van der Waals surface area contributed by atoms with Crippen molar-refractivity contribution in [1.29, 1.82) is 0 Å². The molecule has 0 heterocycles. The fraction of sp³-hybridized carbons (Fsp3) is 0.727. The van der Waals surface area contributed by atoms with Crippen molar-refractivity contribution in [2.24, 2.45) is 5.92 Å². The third kappa shape index (κ3) is 40.9. The van der Waals surface area contributed by atoms with Crippen LogP contribution in [0.3, 0.4) is 0 Å². The van der Waals surface area contributed by atoms with Crippen LogP contribution in [0.1, 0.15) is 155 Å². The molecular formula is C44H78NO8P. The van der Waals surface area contributed by atoms with Crippen LogP contribution in [0.5, 0.6) is 0 Å². The first-order chi connectivity index (χ1) is 25.9. The topological polar surface area (TPSA) is 122 Å². The van der Waals surface area contributed by atoms with Crippen LogP contribution in [0.2, 0.25) is 0 Å². The number of quaternary nitrogens is 1. The SMILES string of the molecule is CCCCCCCCCCCCCCCC(=O)OCC(CC/C=C\C/C=C\C/C=C\C/C=C\C/C=C\CCCC(=O)O)COP(=O)([O-])OCC[N+](C)(C)C. The second-order valence-electron chi connectivity index (χ2n) is 15.3. The van der Waals surface area contributed by atoms with E-state index in [-0.39, 0.29) is 38.1 Å². The zero-order chi connectivity index (χ0) is 40.0. The van der Waals surface area contributed by atoms with E-state index in [0.717, 1.165) is 51.4 Å². The number of carbonyl (C=O) groups excluding carboxylic acids is 1. The highest BCUT2D eigenvalue weighted by Gasteiger charge is 2.18. The number of hydrogen-bond acceptors (Lipinski definition) is 7. The summed E-state index contributed by atoms with van der Waals surface area (Å²) >= 11 is 0. The van der Waals surface area contributed by atoms with Crippen molar-refractivity contribution in [3.8, 4) is 0 Å². The van der Waals surface area contributed by atoms with Crippen LogP contribution >= 0.6 is 7.82 Å². The Morgan fingerprint density at radius 1 is 0.630 bits per heavy atom. The summed E-state index contributed by atoms with van der Waals surface area (Å²) in [6.45, 7) is 2.87. The van der Waals surface area contributed by atoms with E-state index in [1.54, 1.807) is 0 Å². The molecule has 2 atom stereocenters. The molecule has 1 N–H and O–H groups in total. The van der Waals surface area contributed by atoms with E-state index < -0.39 is 13.8 Å². The lowest BCUT2D eigenvalue weighted by Gasteiger charge is -2.28. The van der Waals surface area contributed by atoms with Gasteiger partial charge in [-0.05, 0) is 57.8 Å². The first-order valence-electron chi connectivity index (χ1n) is 21.0. The average Bonchev–Trinajstić information content (AvgIpc) is 3.11. The van der Waals surface area contributed by atoms with Crippen LogP contribution in [0.4, 0.5) is 0 Å². The van der Waals surface area contributed by atoms with Crippen LogP contribution in [0.15, 0.2) is 60.8 Å². The van der Waals surface area contributed by atoms with Crippen molar-refractivity contribution in [3.05, 3.63) is 60.8 Å². The van der Waals surface area contributed by atoms with Crippen LogP contribution in [-0.2, 0) is 27.9 Å². The number of nitrogens with zero attached hydrogens (tertiary/aromatic N) is 1. The molecule has 0 saturated heterocycles. The second-order valence-corrected chi connectivity index (χ2v) is 16.7. The maximum atomic E-state index is 12.5. The summed E-state index contributed by atoms with van der Waals surface area (Å²) in [5, 5.41) is 8.64. The van der Waals surface area contributed by atoms with Crippen LogP contribution in [0.25, 0.3) is 0 Å². The highest BCUT2D eigenvalue weighted by Crippen LogP contribution is 2.39. The van der Waals surface area contributed by atoms with Gasteiger partial charge >= 0.3 is 11.9 Å². The Morgan fingerprint density at radius 2 is 1.09 bits per heavy atom. The zero-order valence-electron chi connectivity index (χ0n) is 34.6. The summed E-state index contributed by atoms with van der Waals surface area (Å²) in [5.41, 5.74) is 0. The van der Waals surface area contributed by atoms with Crippen LogP contribution in [0, 0.1) is 5.92 Å². The lowest BCUT2D eigenvalue weighted by atomic mass is 10.0. The maximum Gasteiger partial charge on any atom is 0.305 e. The van der Waals surface area contributed by atoms with E-state index in [1.807, 2.05) is 27.2 Å². The zero-order valence-corrected chi connectivity index (χ0v) is 35.5. The Hall–Kier alpha value is -2.29. The molecular weight excluding hydrogens is 701 g/mol. The second kappa shape index (κ2) is 36.4. The van der Waals surface area contributed by atoms with Gasteiger partial charge in [0, 0.05) is 18.8 Å². The van der Waals surface area contributed by atoms with Gasteiger partial charge in [0.25, 0.3) is 7.82 Å². The van der Waals surface area contributed by atoms with Gasteiger partial charge in [-0.1, -0.05) is 145 Å². The Kier molecular flexibility index (Phi) is 34.8. The number of likely N-dealkylation sites (N-methyl/N-ethyl adjacent to an activating group) is 1. The molecule has 0 fully saturated rings. The molecule has 54 heavy (non-hydrogen) atoms. The molecule has 0 bridgehead atoms. The third-order valence-corrected chi connectivity index (χ3v) is 9.83. The van der Waals surface area contributed by atoms with Gasteiger partial charge in [-0.2, -0.15) is 0 Å². The van der Waals surface area contributed by atoms with Crippen molar-refractivity contribution >= 4 is 19.8 Å². The Balaban J connectivity index is 4.43. The van der Waals surface area contributed by atoms with E-state index in [4.69, 9.17) is 18.9 Å². The van der Waals surface area contributed by atoms with E-state index in [2.05, 4.69) is 61.6 Å². The minimum absolute atomic E-state index is 0.0455. The smallest absolute Gasteiger partial charge is 0.305 e. The molecule has 0 amide bonds. The van der Waals surface area contributed by atoms with Gasteiger partial charge in [-0.3, -0.25) is 14.2 Å². The largest absolute Gasteiger partial charge is 0.756 e. The molecule has 0 aliphatic rings. The van der Waals surface area contributed by atoms with Crippen molar-refractivity contribution in [2.75, 3.05) is 47.5 Å². The minimum Gasteiger partial charge on any atom is -0.756 e. The predicted octanol–water partition coefficient (Wildman–Crippen LogP) is 11.2. The molecule has 0 saturated carbocycles. The first kappa shape index (κ1) is 51.7. The minimum atomic E-state index is -4.46. The number of phosphoric ester groups is 1. The number of esters is 1. The molecule has 0 radical (unpaired) electrons. The fourth-order valence-electron chi connectivity index (χ4n) is 5.47. The summed E-state index contributed by atoms with van der Waals surface area (Å²) in [5.74, 6) is -1.24. The normalized spacial score (nSPS) is 14.3. The van der Waals surface area contributed by atoms with Gasteiger partial charge in [0.15, 0.2) is 0 Å². The number of carbonyl (C=O) groups is 2. The van der Waals surface area contributed by atoms with E-state index >= 15 is 0 Å². The van der Waals surface area contributed by atoms with Crippen molar-refractivity contribution in [3.63, 3.8) is 0 Å². The number of rotatable bonds is 38. The number of ether oxygens (including phenoxy) is 1. The first-order valence-corrected chi connectivity index (χ1v) is 22.4. The summed E-state index contributed by atoms with van der Waals surface area (Å²) in [6.07, 6.45) is 44.1. The molecule has 312 valence electrons. The van der Waals surface area contributed by atoms with E-state index in [9.17, 15) is 19.0 Å². The number of carboxylic acids is 1. The Morgan fingerprint density at radius 3 is 1.57 bits per heavy atom. The number of unbranched alkanes of at least 4 members (excludes halogenated alkanes) is 13. The molecule has 10 heteroatoms. The molecule has 0 aromatic carbocycles. The molecule has 0 aromatic heterocycles. The molecule has 0 aliphatic heterocycles. The Labute approximate surface area is 330 Å². The van der Waals surface area contributed by atoms with E-state index in [1.165, 1.54) is 64.2 Å². The number of phosphoric acid groups is 1. The lowest BCUT2D eigenvalue weighted by molar-refractivity contribution is -0.870. The summed E-state index contributed by atoms with van der Waals surface area (Å²) in [6, 6.07) is 0. The fourth-order valence-corrected chi connectivity index (χ4v) is 6.24. The Bertz CT molecular complexity index is 1110. The van der Waals surface area contributed by atoms with Gasteiger partial charge in [-0.25, -0.2) is 0 Å². The molecule has 2 unspecified atom stereocenters. The maximum absolute atomic E-state index is 12.5. The number of aliphatic carboxylic acids is 1. The highest BCUT2D eigenvalue weighted by atomic mass is 31.2. The van der Waals surface area contributed by atoms with Gasteiger partial charge in [-0.15, -0.1) is 0 Å². The quantitative estimate of drug-likeness (QED) is 0.0216. The lowest BCUT2D eigenvalue weighted by Crippen LogP contribution is -2.37. The average molecular weight is 780 g/mol.